The van der Waals surface area contributed by atoms with E-state index < -0.39 is 4.92 Å². The number of aromatic nitrogens is 1. The molecule has 0 amide bonds. The molecule has 0 aliphatic rings. The van der Waals surface area contributed by atoms with Crippen molar-refractivity contribution in [3.63, 3.8) is 0 Å². The van der Waals surface area contributed by atoms with Gasteiger partial charge >= 0.3 is 0 Å². The van der Waals surface area contributed by atoms with Crippen molar-refractivity contribution >= 4 is 45.1 Å². The van der Waals surface area contributed by atoms with Gasteiger partial charge in [0.25, 0.3) is 5.69 Å². The SMILES string of the molecule is N#CC(=Cc1cccc([N+](=O)[O-])c1)Sc1nc2ccccc2s1. The number of non-ortho nitro benzene ring substituents is 1. The van der Waals surface area contributed by atoms with E-state index in [2.05, 4.69) is 11.1 Å². The van der Waals surface area contributed by atoms with Crippen LogP contribution in [0.4, 0.5) is 5.69 Å². The van der Waals surface area contributed by atoms with E-state index >= 15 is 0 Å². The zero-order valence-electron chi connectivity index (χ0n) is 11.7. The van der Waals surface area contributed by atoms with Gasteiger partial charge in [-0.1, -0.05) is 24.3 Å². The maximum atomic E-state index is 10.8. The second-order valence-electron chi connectivity index (χ2n) is 4.52. The van der Waals surface area contributed by atoms with E-state index in [1.54, 1.807) is 18.2 Å². The van der Waals surface area contributed by atoms with Crippen molar-refractivity contribution in [2.45, 2.75) is 4.34 Å². The van der Waals surface area contributed by atoms with E-state index in [4.69, 9.17) is 0 Å². The van der Waals surface area contributed by atoms with Crippen molar-refractivity contribution < 1.29 is 4.92 Å². The van der Waals surface area contributed by atoms with Crippen LogP contribution in [0.1, 0.15) is 5.56 Å². The van der Waals surface area contributed by atoms with Crippen LogP contribution in [-0.2, 0) is 0 Å². The minimum Gasteiger partial charge on any atom is -0.258 e. The molecule has 0 N–H and O–H groups in total. The van der Waals surface area contributed by atoms with Crippen molar-refractivity contribution in [3.05, 3.63) is 69.1 Å². The lowest BCUT2D eigenvalue weighted by molar-refractivity contribution is -0.384. The Kier molecular flexibility index (Phi) is 4.37. The van der Waals surface area contributed by atoms with Crippen molar-refractivity contribution in [1.82, 2.24) is 4.98 Å². The van der Waals surface area contributed by atoms with Gasteiger partial charge in [0.1, 0.15) is 6.07 Å². The molecule has 0 bridgehead atoms. The zero-order valence-corrected chi connectivity index (χ0v) is 13.3. The lowest BCUT2D eigenvalue weighted by atomic mass is 10.2. The number of fused-ring (bicyclic) bond motifs is 1. The number of nitriles is 1. The number of hydrogen-bond acceptors (Lipinski definition) is 6. The summed E-state index contributed by atoms with van der Waals surface area (Å²) in [6.45, 7) is 0. The van der Waals surface area contributed by atoms with Crippen LogP contribution < -0.4 is 0 Å². The molecular weight excluding hydrogens is 330 g/mol. The molecule has 3 rings (SSSR count). The maximum absolute atomic E-state index is 10.8. The summed E-state index contributed by atoms with van der Waals surface area (Å²) in [6, 6.07) is 16.1. The van der Waals surface area contributed by atoms with E-state index in [9.17, 15) is 15.4 Å². The summed E-state index contributed by atoms with van der Waals surface area (Å²) in [5.41, 5.74) is 1.51. The van der Waals surface area contributed by atoms with Gasteiger partial charge in [-0.3, -0.25) is 10.1 Å². The van der Waals surface area contributed by atoms with Crippen LogP contribution in [0.3, 0.4) is 0 Å². The summed E-state index contributed by atoms with van der Waals surface area (Å²) in [6.07, 6.45) is 1.63. The molecule has 0 saturated carbocycles. The summed E-state index contributed by atoms with van der Waals surface area (Å²) < 4.78 is 1.83. The molecular formula is C16H9N3O2S2. The Hall–Kier alpha value is -2.69. The minimum atomic E-state index is -0.454. The first kappa shape index (κ1) is 15.2. The van der Waals surface area contributed by atoms with Gasteiger partial charge in [-0.2, -0.15) is 5.26 Å². The Balaban J connectivity index is 1.89. The summed E-state index contributed by atoms with van der Waals surface area (Å²) in [7, 11) is 0. The monoisotopic (exact) mass is 339 g/mol. The molecule has 3 aromatic rings. The molecule has 2 aromatic carbocycles. The predicted octanol–water partition coefficient (Wildman–Crippen LogP) is 4.86. The zero-order chi connectivity index (χ0) is 16.2. The first-order chi connectivity index (χ1) is 11.2. The smallest absolute Gasteiger partial charge is 0.258 e. The van der Waals surface area contributed by atoms with E-state index in [0.717, 1.165) is 14.6 Å². The first-order valence-electron chi connectivity index (χ1n) is 6.55. The molecule has 5 nitrogen and oxygen atoms in total. The molecule has 1 heterocycles. The molecule has 0 aliphatic heterocycles. The second kappa shape index (κ2) is 6.60. The number of para-hydroxylation sites is 1. The fourth-order valence-corrected chi connectivity index (χ4v) is 3.93. The van der Waals surface area contributed by atoms with Gasteiger partial charge in [0.15, 0.2) is 4.34 Å². The van der Waals surface area contributed by atoms with Crippen LogP contribution in [0.5, 0.6) is 0 Å². The maximum Gasteiger partial charge on any atom is 0.270 e. The molecule has 0 atom stereocenters. The minimum absolute atomic E-state index is 0.000951. The number of allylic oxidation sites excluding steroid dienone is 1. The lowest BCUT2D eigenvalue weighted by Crippen LogP contribution is -1.87. The van der Waals surface area contributed by atoms with E-state index in [1.165, 1.54) is 35.2 Å². The number of nitrogens with zero attached hydrogens (tertiary/aromatic N) is 3. The normalized spacial score (nSPS) is 11.3. The molecule has 7 heteroatoms. The number of hydrogen-bond donors (Lipinski definition) is 0. The highest BCUT2D eigenvalue weighted by Crippen LogP contribution is 2.34. The second-order valence-corrected chi connectivity index (χ2v) is 6.84. The van der Waals surface area contributed by atoms with Gasteiger partial charge < -0.3 is 0 Å². The average Bonchev–Trinajstić information content (AvgIpc) is 2.96. The predicted molar refractivity (Wildman–Crippen MR) is 92.2 cm³/mol. The lowest BCUT2D eigenvalue weighted by Gasteiger charge is -1.97. The first-order valence-corrected chi connectivity index (χ1v) is 8.19. The molecule has 112 valence electrons. The Bertz CT molecular complexity index is 924. The molecule has 0 fully saturated rings. The van der Waals surface area contributed by atoms with Gasteiger partial charge in [0, 0.05) is 12.1 Å². The van der Waals surface area contributed by atoms with E-state index in [0.29, 0.717) is 10.5 Å². The quantitative estimate of drug-likeness (QED) is 0.293. The van der Waals surface area contributed by atoms with Crippen LogP contribution in [0.25, 0.3) is 16.3 Å². The summed E-state index contributed by atoms with van der Waals surface area (Å²) in [5.74, 6) is 0. The largest absolute Gasteiger partial charge is 0.270 e. The van der Waals surface area contributed by atoms with Gasteiger partial charge in [-0.05, 0) is 35.5 Å². The number of benzene rings is 2. The van der Waals surface area contributed by atoms with Gasteiger partial charge in [0.05, 0.1) is 20.0 Å². The number of nitro groups is 1. The molecule has 0 aliphatic carbocycles. The highest BCUT2D eigenvalue weighted by atomic mass is 32.2. The van der Waals surface area contributed by atoms with Crippen LogP contribution in [0.2, 0.25) is 0 Å². The fourth-order valence-electron chi connectivity index (χ4n) is 1.95. The Morgan fingerprint density at radius 2 is 2.13 bits per heavy atom. The Labute approximate surface area is 140 Å². The third kappa shape index (κ3) is 3.56. The van der Waals surface area contributed by atoms with Crippen molar-refractivity contribution in [1.29, 1.82) is 5.26 Å². The van der Waals surface area contributed by atoms with E-state index in [1.807, 2.05) is 24.3 Å². The van der Waals surface area contributed by atoms with Gasteiger partial charge in [0.2, 0.25) is 0 Å². The van der Waals surface area contributed by atoms with Crippen molar-refractivity contribution in [2.24, 2.45) is 0 Å². The summed E-state index contributed by atoms with van der Waals surface area (Å²) in [5, 5.41) is 20.1. The third-order valence-corrected chi connectivity index (χ3v) is 4.99. The third-order valence-electron chi connectivity index (χ3n) is 2.96. The van der Waals surface area contributed by atoms with Gasteiger partial charge in [-0.15, -0.1) is 11.3 Å². The standard InChI is InChI=1S/C16H9N3O2S2/c17-10-13(9-11-4-3-5-12(8-11)19(20)21)22-16-18-14-6-1-2-7-15(14)23-16/h1-9H. The molecule has 0 spiro atoms. The van der Waals surface area contributed by atoms with Crippen LogP contribution in [0, 0.1) is 21.4 Å². The van der Waals surface area contributed by atoms with E-state index in [-0.39, 0.29) is 5.69 Å². The number of thioether (sulfide) groups is 1. The fraction of sp³-hybridized carbons (Fsp3) is 0. The summed E-state index contributed by atoms with van der Waals surface area (Å²) >= 11 is 2.77. The van der Waals surface area contributed by atoms with Gasteiger partial charge in [-0.25, -0.2) is 4.98 Å². The Morgan fingerprint density at radius 1 is 1.30 bits per heavy atom. The van der Waals surface area contributed by atoms with Crippen LogP contribution in [0.15, 0.2) is 57.8 Å². The molecule has 1 aromatic heterocycles. The number of nitro benzene ring substituents is 1. The summed E-state index contributed by atoms with van der Waals surface area (Å²) in [4.78, 5) is 15.3. The highest BCUT2D eigenvalue weighted by Gasteiger charge is 2.09. The van der Waals surface area contributed by atoms with Crippen LogP contribution >= 0.6 is 23.1 Å². The van der Waals surface area contributed by atoms with Crippen molar-refractivity contribution in [3.8, 4) is 6.07 Å². The average molecular weight is 339 g/mol. The molecule has 0 unspecified atom stereocenters. The highest BCUT2D eigenvalue weighted by molar-refractivity contribution is 8.05. The topological polar surface area (TPSA) is 79.8 Å². The number of thiazole rings is 1. The number of rotatable bonds is 4. The molecule has 0 saturated heterocycles. The molecule has 23 heavy (non-hydrogen) atoms. The van der Waals surface area contributed by atoms with Crippen LogP contribution in [-0.4, -0.2) is 9.91 Å². The van der Waals surface area contributed by atoms with Crippen molar-refractivity contribution in [2.75, 3.05) is 0 Å². The molecule has 0 radical (unpaired) electrons. The Morgan fingerprint density at radius 3 is 2.87 bits per heavy atom.